The number of piperazine rings is 1. The third kappa shape index (κ3) is 2.26. The second-order valence-electron chi connectivity index (χ2n) is 3.74. The van der Waals surface area contributed by atoms with Crippen LogP contribution in [0.2, 0.25) is 0 Å². The molecule has 0 aromatic carbocycles. The molecule has 0 amide bonds. The first kappa shape index (κ1) is 10.4. The smallest absolute Gasteiger partial charge is 0.165 e. The van der Waals surface area contributed by atoms with Crippen molar-refractivity contribution < 1.29 is 4.39 Å². The van der Waals surface area contributed by atoms with Gasteiger partial charge in [0.2, 0.25) is 0 Å². The Kier molecular flexibility index (Phi) is 3.16. The summed E-state index contributed by atoms with van der Waals surface area (Å²) in [5, 5.41) is 3.23. The highest BCUT2D eigenvalue weighted by Crippen LogP contribution is 2.17. The fraction of sp³-hybridized carbons (Fsp3) is 0.545. The highest BCUT2D eigenvalue weighted by atomic mass is 19.1. The van der Waals surface area contributed by atoms with Gasteiger partial charge in [-0.1, -0.05) is 6.92 Å². The lowest BCUT2D eigenvalue weighted by Gasteiger charge is -2.28. The molecule has 4 heteroatoms. The number of hydrogen-bond acceptors (Lipinski definition) is 3. The van der Waals surface area contributed by atoms with Gasteiger partial charge in [0, 0.05) is 32.4 Å². The number of aromatic nitrogens is 1. The van der Waals surface area contributed by atoms with Gasteiger partial charge in [0.15, 0.2) is 11.6 Å². The van der Waals surface area contributed by atoms with Crippen molar-refractivity contribution in [2.24, 2.45) is 0 Å². The molecule has 0 bridgehead atoms. The number of pyridine rings is 1. The predicted molar refractivity (Wildman–Crippen MR) is 58.7 cm³/mol. The molecule has 1 saturated heterocycles. The fourth-order valence-electron chi connectivity index (χ4n) is 1.77. The van der Waals surface area contributed by atoms with E-state index in [4.69, 9.17) is 0 Å². The minimum Gasteiger partial charge on any atom is -0.352 e. The van der Waals surface area contributed by atoms with Gasteiger partial charge < -0.3 is 10.2 Å². The van der Waals surface area contributed by atoms with E-state index in [0.717, 1.165) is 38.2 Å². The molecule has 0 aliphatic carbocycles. The summed E-state index contributed by atoms with van der Waals surface area (Å²) >= 11 is 0. The lowest BCUT2D eigenvalue weighted by atomic mass is 10.2. The number of rotatable bonds is 2. The van der Waals surface area contributed by atoms with Crippen LogP contribution in [0.4, 0.5) is 10.2 Å². The number of aryl methyl sites for hydroxylation is 1. The third-order valence-corrected chi connectivity index (χ3v) is 2.70. The van der Waals surface area contributed by atoms with Crippen molar-refractivity contribution >= 4 is 5.82 Å². The summed E-state index contributed by atoms with van der Waals surface area (Å²) in [6, 6.07) is 1.59. The number of halogens is 1. The molecule has 1 aromatic rings. The summed E-state index contributed by atoms with van der Waals surface area (Å²) in [6.45, 7) is 5.46. The first-order valence-corrected chi connectivity index (χ1v) is 5.41. The summed E-state index contributed by atoms with van der Waals surface area (Å²) in [4.78, 5) is 6.19. The van der Waals surface area contributed by atoms with Crippen molar-refractivity contribution in [3.05, 3.63) is 23.6 Å². The molecule has 82 valence electrons. The summed E-state index contributed by atoms with van der Waals surface area (Å²) in [5.74, 6) is 0.296. The van der Waals surface area contributed by atoms with Crippen molar-refractivity contribution in [1.29, 1.82) is 0 Å². The zero-order valence-electron chi connectivity index (χ0n) is 8.96. The summed E-state index contributed by atoms with van der Waals surface area (Å²) in [7, 11) is 0. The van der Waals surface area contributed by atoms with Crippen LogP contribution in [0.3, 0.4) is 0 Å². The maximum atomic E-state index is 13.7. The van der Waals surface area contributed by atoms with E-state index in [1.165, 1.54) is 0 Å². The van der Waals surface area contributed by atoms with Crippen LogP contribution in [0.1, 0.15) is 12.5 Å². The lowest BCUT2D eigenvalue weighted by molar-refractivity contribution is 0.558. The Hall–Kier alpha value is -1.16. The van der Waals surface area contributed by atoms with Gasteiger partial charge in [-0.25, -0.2) is 9.37 Å². The number of anilines is 1. The van der Waals surface area contributed by atoms with Gasteiger partial charge in [-0.15, -0.1) is 0 Å². The molecule has 0 unspecified atom stereocenters. The van der Waals surface area contributed by atoms with Crippen molar-refractivity contribution in [2.45, 2.75) is 13.3 Å². The average molecular weight is 209 g/mol. The van der Waals surface area contributed by atoms with E-state index in [1.807, 2.05) is 11.8 Å². The van der Waals surface area contributed by atoms with Crippen LogP contribution in [-0.4, -0.2) is 31.2 Å². The standard InChI is InChI=1S/C11H16FN3/c1-2-9-7-10(12)11(14-8-9)15-5-3-13-4-6-15/h7-8,13H,2-6H2,1H3. The van der Waals surface area contributed by atoms with E-state index < -0.39 is 0 Å². The van der Waals surface area contributed by atoms with Crippen LogP contribution in [-0.2, 0) is 6.42 Å². The third-order valence-electron chi connectivity index (χ3n) is 2.70. The van der Waals surface area contributed by atoms with E-state index in [1.54, 1.807) is 12.3 Å². The maximum Gasteiger partial charge on any atom is 0.165 e. The fourth-order valence-corrected chi connectivity index (χ4v) is 1.77. The van der Waals surface area contributed by atoms with Crippen LogP contribution >= 0.6 is 0 Å². The summed E-state index contributed by atoms with van der Waals surface area (Å²) in [6.07, 6.45) is 2.59. The second-order valence-corrected chi connectivity index (χ2v) is 3.74. The van der Waals surface area contributed by atoms with Crippen LogP contribution in [0.25, 0.3) is 0 Å². The van der Waals surface area contributed by atoms with Crippen LogP contribution < -0.4 is 10.2 Å². The van der Waals surface area contributed by atoms with Gasteiger partial charge in [0.25, 0.3) is 0 Å². The van der Waals surface area contributed by atoms with Crippen LogP contribution in [0.15, 0.2) is 12.3 Å². The molecule has 1 aliphatic heterocycles. The van der Waals surface area contributed by atoms with E-state index in [-0.39, 0.29) is 5.82 Å². The van der Waals surface area contributed by atoms with Crippen molar-refractivity contribution in [2.75, 3.05) is 31.1 Å². The van der Waals surface area contributed by atoms with Crippen molar-refractivity contribution in [3.63, 3.8) is 0 Å². The first-order valence-electron chi connectivity index (χ1n) is 5.41. The Morgan fingerprint density at radius 1 is 1.47 bits per heavy atom. The molecule has 0 spiro atoms. The van der Waals surface area contributed by atoms with Gasteiger partial charge in [0.1, 0.15) is 0 Å². The van der Waals surface area contributed by atoms with Gasteiger partial charge in [-0.3, -0.25) is 0 Å². The van der Waals surface area contributed by atoms with Gasteiger partial charge in [0.05, 0.1) is 0 Å². The van der Waals surface area contributed by atoms with Gasteiger partial charge >= 0.3 is 0 Å². The Bertz CT molecular complexity index is 335. The molecule has 1 N–H and O–H groups in total. The first-order chi connectivity index (χ1) is 7.31. The minimum atomic E-state index is -0.198. The zero-order chi connectivity index (χ0) is 10.7. The topological polar surface area (TPSA) is 28.2 Å². The normalized spacial score (nSPS) is 16.8. The second kappa shape index (κ2) is 4.57. The number of nitrogens with zero attached hydrogens (tertiary/aromatic N) is 2. The largest absolute Gasteiger partial charge is 0.352 e. The molecule has 15 heavy (non-hydrogen) atoms. The molecule has 0 atom stereocenters. The number of hydrogen-bond donors (Lipinski definition) is 1. The Morgan fingerprint density at radius 3 is 2.80 bits per heavy atom. The molecule has 2 heterocycles. The quantitative estimate of drug-likeness (QED) is 0.793. The zero-order valence-corrected chi connectivity index (χ0v) is 8.96. The van der Waals surface area contributed by atoms with Crippen LogP contribution in [0, 0.1) is 5.82 Å². The van der Waals surface area contributed by atoms with Crippen LogP contribution in [0.5, 0.6) is 0 Å². The number of nitrogens with one attached hydrogen (secondary N) is 1. The highest BCUT2D eigenvalue weighted by molar-refractivity contribution is 5.41. The SMILES string of the molecule is CCc1cnc(N2CCNCC2)c(F)c1. The monoisotopic (exact) mass is 209 g/mol. The molecule has 0 saturated carbocycles. The van der Waals surface area contributed by atoms with E-state index >= 15 is 0 Å². The van der Waals surface area contributed by atoms with Crippen molar-refractivity contribution in [3.8, 4) is 0 Å². The Balaban J connectivity index is 2.19. The molecule has 3 nitrogen and oxygen atoms in total. The highest BCUT2D eigenvalue weighted by Gasteiger charge is 2.15. The Morgan fingerprint density at radius 2 is 2.20 bits per heavy atom. The Labute approximate surface area is 89.3 Å². The van der Waals surface area contributed by atoms with E-state index in [9.17, 15) is 4.39 Å². The van der Waals surface area contributed by atoms with E-state index in [2.05, 4.69) is 10.3 Å². The maximum absolute atomic E-state index is 13.7. The predicted octanol–water partition coefficient (Wildman–Crippen LogP) is 1.19. The minimum absolute atomic E-state index is 0.198. The molecular weight excluding hydrogens is 193 g/mol. The van der Waals surface area contributed by atoms with Crippen molar-refractivity contribution in [1.82, 2.24) is 10.3 Å². The molecule has 2 rings (SSSR count). The summed E-state index contributed by atoms with van der Waals surface area (Å²) in [5.41, 5.74) is 0.950. The molecule has 1 aliphatic rings. The van der Waals surface area contributed by atoms with E-state index in [0.29, 0.717) is 5.82 Å². The van der Waals surface area contributed by atoms with Gasteiger partial charge in [-0.2, -0.15) is 0 Å². The summed E-state index contributed by atoms with van der Waals surface area (Å²) < 4.78 is 13.7. The average Bonchev–Trinajstić information content (AvgIpc) is 2.30. The molecule has 1 fully saturated rings. The molecule has 0 radical (unpaired) electrons. The van der Waals surface area contributed by atoms with Gasteiger partial charge in [-0.05, 0) is 18.1 Å². The molecular formula is C11H16FN3. The lowest BCUT2D eigenvalue weighted by Crippen LogP contribution is -2.44. The molecule has 1 aromatic heterocycles.